The summed E-state index contributed by atoms with van der Waals surface area (Å²) in [6.07, 6.45) is 4.00. The Bertz CT molecular complexity index is 616. The number of ether oxygens (including phenoxy) is 1. The molecule has 3 atom stereocenters. The number of piperidine rings is 1. The smallest absolute Gasteiger partial charge is 0.408 e. The van der Waals surface area contributed by atoms with Gasteiger partial charge in [-0.3, -0.25) is 4.79 Å². The van der Waals surface area contributed by atoms with Gasteiger partial charge in [0.2, 0.25) is 18.2 Å². The number of aromatic nitrogens is 2. The highest BCUT2D eigenvalue weighted by Gasteiger charge is 2.42. The van der Waals surface area contributed by atoms with Gasteiger partial charge in [0.15, 0.2) is 0 Å². The zero-order valence-electron chi connectivity index (χ0n) is 14.7. The molecule has 0 radical (unpaired) electrons. The molecule has 0 aliphatic carbocycles. The van der Waals surface area contributed by atoms with Crippen molar-refractivity contribution in [1.29, 1.82) is 0 Å². The number of nitrogens with one attached hydrogen (secondary N) is 1. The average molecular weight is 368 g/mol. The average Bonchev–Trinajstić information content (AvgIpc) is 3.00. The topological polar surface area (TPSA) is 97.6 Å². The van der Waals surface area contributed by atoms with E-state index in [1.165, 1.54) is 6.39 Å². The Morgan fingerprint density at radius 1 is 1.40 bits per heavy atom. The number of amides is 2. The SMILES string of the molecule is CC(C)(C)OC(=O)N[C@H]1CCS[C@H]2CCC[C@@H](c3nnco3)N2C1=O. The number of carbonyl (C=O) groups is 2. The van der Waals surface area contributed by atoms with Crippen molar-refractivity contribution in [3.8, 4) is 0 Å². The van der Waals surface area contributed by atoms with Crippen molar-refractivity contribution in [2.75, 3.05) is 5.75 Å². The molecule has 2 saturated heterocycles. The molecule has 2 fully saturated rings. The summed E-state index contributed by atoms with van der Waals surface area (Å²) in [4.78, 5) is 27.1. The van der Waals surface area contributed by atoms with Crippen LogP contribution in [0.4, 0.5) is 4.79 Å². The molecule has 0 aromatic carbocycles. The zero-order chi connectivity index (χ0) is 18.0. The van der Waals surface area contributed by atoms with Gasteiger partial charge in [-0.1, -0.05) is 0 Å². The first-order chi connectivity index (χ1) is 11.8. The highest BCUT2D eigenvalue weighted by atomic mass is 32.2. The highest BCUT2D eigenvalue weighted by Crippen LogP contribution is 2.40. The molecule has 3 rings (SSSR count). The molecule has 1 aromatic rings. The molecular weight excluding hydrogens is 344 g/mol. The van der Waals surface area contributed by atoms with Crippen LogP contribution in [0.2, 0.25) is 0 Å². The second-order valence-corrected chi connectivity index (χ2v) is 8.57. The first-order valence-electron chi connectivity index (χ1n) is 8.54. The Balaban J connectivity index is 1.77. The van der Waals surface area contributed by atoms with Gasteiger partial charge in [-0.2, -0.15) is 0 Å². The Morgan fingerprint density at radius 2 is 2.20 bits per heavy atom. The van der Waals surface area contributed by atoms with Gasteiger partial charge in [-0.15, -0.1) is 22.0 Å². The minimum atomic E-state index is -0.605. The first-order valence-corrected chi connectivity index (χ1v) is 9.59. The van der Waals surface area contributed by atoms with Crippen molar-refractivity contribution >= 4 is 23.8 Å². The monoisotopic (exact) mass is 368 g/mol. The molecule has 2 aliphatic rings. The van der Waals surface area contributed by atoms with Gasteiger partial charge in [0.25, 0.3) is 0 Å². The molecule has 0 bridgehead atoms. The van der Waals surface area contributed by atoms with Gasteiger partial charge >= 0.3 is 6.09 Å². The van der Waals surface area contributed by atoms with Crippen LogP contribution in [0.1, 0.15) is 58.4 Å². The van der Waals surface area contributed by atoms with Crippen LogP contribution in [-0.4, -0.2) is 49.9 Å². The lowest BCUT2D eigenvalue weighted by Crippen LogP contribution is -2.52. The van der Waals surface area contributed by atoms with Crippen molar-refractivity contribution in [3.05, 3.63) is 12.3 Å². The maximum Gasteiger partial charge on any atom is 0.408 e. The van der Waals surface area contributed by atoms with E-state index in [-0.39, 0.29) is 17.3 Å². The van der Waals surface area contributed by atoms with E-state index in [2.05, 4.69) is 15.5 Å². The Labute approximate surface area is 151 Å². The lowest BCUT2D eigenvalue weighted by Gasteiger charge is -2.40. The van der Waals surface area contributed by atoms with Crippen LogP contribution >= 0.6 is 11.8 Å². The minimum absolute atomic E-state index is 0.0728. The summed E-state index contributed by atoms with van der Waals surface area (Å²) in [5.41, 5.74) is -0.605. The minimum Gasteiger partial charge on any atom is -0.444 e. The number of hydrogen-bond donors (Lipinski definition) is 1. The van der Waals surface area contributed by atoms with E-state index in [0.29, 0.717) is 12.3 Å². The largest absolute Gasteiger partial charge is 0.444 e. The second-order valence-electron chi connectivity index (χ2n) is 7.28. The van der Waals surface area contributed by atoms with Crippen molar-refractivity contribution in [2.24, 2.45) is 0 Å². The summed E-state index contributed by atoms with van der Waals surface area (Å²) in [5, 5.41) is 10.5. The van der Waals surface area contributed by atoms with Crippen LogP contribution in [0.15, 0.2) is 10.8 Å². The van der Waals surface area contributed by atoms with Crippen molar-refractivity contribution in [3.63, 3.8) is 0 Å². The lowest BCUT2D eigenvalue weighted by atomic mass is 10.00. The predicted molar refractivity (Wildman–Crippen MR) is 91.8 cm³/mol. The fourth-order valence-electron chi connectivity index (χ4n) is 3.20. The summed E-state index contributed by atoms with van der Waals surface area (Å²) in [6.45, 7) is 5.39. The fourth-order valence-corrected chi connectivity index (χ4v) is 4.59. The molecule has 25 heavy (non-hydrogen) atoms. The number of thioether (sulfide) groups is 1. The Kier molecular flexibility index (Phi) is 5.21. The van der Waals surface area contributed by atoms with Crippen LogP contribution < -0.4 is 5.32 Å². The maximum atomic E-state index is 13.1. The quantitative estimate of drug-likeness (QED) is 0.856. The van der Waals surface area contributed by atoms with Crippen LogP contribution in [0, 0.1) is 0 Å². The number of carbonyl (C=O) groups excluding carboxylic acids is 2. The van der Waals surface area contributed by atoms with Gasteiger partial charge in [-0.05, 0) is 52.2 Å². The summed E-state index contributed by atoms with van der Waals surface area (Å²) in [6, 6.07) is -0.835. The van der Waals surface area contributed by atoms with E-state index in [4.69, 9.17) is 9.15 Å². The molecule has 8 nitrogen and oxygen atoms in total. The van der Waals surface area contributed by atoms with Crippen LogP contribution in [-0.2, 0) is 9.53 Å². The van der Waals surface area contributed by atoms with E-state index < -0.39 is 17.7 Å². The summed E-state index contributed by atoms with van der Waals surface area (Å²) >= 11 is 1.74. The standard InChI is InChI=1S/C16H24N4O4S/c1-16(2,3)24-15(22)18-10-7-8-25-12-6-4-5-11(20(12)14(10)21)13-19-17-9-23-13/h9-12H,4-8H2,1-3H3,(H,18,22)/t10-,11-,12-/m0/s1. The molecule has 138 valence electrons. The van der Waals surface area contributed by atoms with Crippen molar-refractivity contribution in [1.82, 2.24) is 20.4 Å². The number of alkyl carbamates (subject to hydrolysis) is 1. The molecule has 1 aromatic heterocycles. The molecule has 0 spiro atoms. The zero-order valence-corrected chi connectivity index (χ0v) is 15.5. The lowest BCUT2D eigenvalue weighted by molar-refractivity contribution is -0.138. The molecule has 9 heteroatoms. The van der Waals surface area contributed by atoms with Gasteiger partial charge < -0.3 is 19.4 Å². The number of hydrogen-bond acceptors (Lipinski definition) is 7. The molecule has 0 unspecified atom stereocenters. The van der Waals surface area contributed by atoms with E-state index in [0.717, 1.165) is 25.0 Å². The van der Waals surface area contributed by atoms with E-state index in [1.54, 1.807) is 32.5 Å². The van der Waals surface area contributed by atoms with Gasteiger partial charge in [-0.25, -0.2) is 4.79 Å². The van der Waals surface area contributed by atoms with E-state index in [1.807, 2.05) is 4.90 Å². The molecule has 2 amide bonds. The van der Waals surface area contributed by atoms with Crippen molar-refractivity contribution < 1.29 is 18.7 Å². The Hall–Kier alpha value is -1.77. The first kappa shape index (κ1) is 18.0. The summed E-state index contributed by atoms with van der Waals surface area (Å²) in [5.74, 6) is 1.14. The van der Waals surface area contributed by atoms with E-state index >= 15 is 0 Å². The van der Waals surface area contributed by atoms with Gasteiger partial charge in [0.1, 0.15) is 17.7 Å². The van der Waals surface area contributed by atoms with Gasteiger partial charge in [0, 0.05) is 0 Å². The third kappa shape index (κ3) is 4.26. The van der Waals surface area contributed by atoms with Crippen molar-refractivity contribution in [2.45, 2.75) is 69.5 Å². The molecule has 1 N–H and O–H groups in total. The number of nitrogens with zero attached hydrogens (tertiary/aromatic N) is 3. The molecular formula is C16H24N4O4S. The number of fused-ring (bicyclic) bond motifs is 1. The normalized spacial score (nSPS) is 27.4. The third-order valence-corrected chi connectivity index (χ3v) is 5.52. The predicted octanol–water partition coefficient (Wildman–Crippen LogP) is 2.48. The van der Waals surface area contributed by atoms with Gasteiger partial charge in [0.05, 0.1) is 5.37 Å². The Morgan fingerprint density at radius 3 is 2.88 bits per heavy atom. The van der Waals surface area contributed by atoms with Crippen LogP contribution in [0.5, 0.6) is 0 Å². The van der Waals surface area contributed by atoms with Crippen LogP contribution in [0.3, 0.4) is 0 Å². The molecule has 3 heterocycles. The second kappa shape index (κ2) is 7.23. The summed E-state index contributed by atoms with van der Waals surface area (Å²) in [7, 11) is 0. The molecule has 0 saturated carbocycles. The third-order valence-electron chi connectivity index (χ3n) is 4.20. The molecule has 2 aliphatic heterocycles. The maximum absolute atomic E-state index is 13.1. The van der Waals surface area contributed by atoms with Crippen LogP contribution in [0.25, 0.3) is 0 Å². The van der Waals surface area contributed by atoms with E-state index in [9.17, 15) is 9.59 Å². The fraction of sp³-hybridized carbons (Fsp3) is 0.750. The summed E-state index contributed by atoms with van der Waals surface area (Å²) < 4.78 is 10.7. The number of rotatable bonds is 2. The highest BCUT2D eigenvalue weighted by molar-refractivity contribution is 7.99.